The third kappa shape index (κ3) is 4.32. The van der Waals surface area contributed by atoms with Gasteiger partial charge in [0, 0.05) is 11.4 Å². The molecule has 0 aliphatic rings. The first kappa shape index (κ1) is 15.6. The number of benzene rings is 1. The van der Waals surface area contributed by atoms with E-state index in [9.17, 15) is 0 Å². The Labute approximate surface area is 129 Å². The Hall–Kier alpha value is -1.82. The van der Waals surface area contributed by atoms with E-state index in [0.717, 1.165) is 11.4 Å². The van der Waals surface area contributed by atoms with Gasteiger partial charge in [0.2, 0.25) is 11.1 Å². The van der Waals surface area contributed by atoms with Crippen molar-refractivity contribution in [1.29, 1.82) is 0 Å². The zero-order valence-corrected chi connectivity index (χ0v) is 13.6. The van der Waals surface area contributed by atoms with Crippen molar-refractivity contribution >= 4 is 17.7 Å². The van der Waals surface area contributed by atoms with Gasteiger partial charge in [-0.2, -0.15) is 15.0 Å². The van der Waals surface area contributed by atoms with Gasteiger partial charge in [-0.05, 0) is 42.3 Å². The molecule has 1 aromatic carbocycles. The standard InChI is InChI=1S/C15H20N4OS/c1-5-16-13-17-14(20-4)19-15(18-13)21-12-8-6-11(7-9-12)10(2)3/h6-10H,5H2,1-4H3,(H,16,17,18,19). The van der Waals surface area contributed by atoms with Crippen LogP contribution in [0.15, 0.2) is 34.3 Å². The summed E-state index contributed by atoms with van der Waals surface area (Å²) in [6, 6.07) is 8.77. The molecule has 1 N–H and O–H groups in total. The Bertz CT molecular complexity index is 587. The van der Waals surface area contributed by atoms with Crippen LogP contribution in [0.2, 0.25) is 0 Å². The molecule has 2 aromatic rings. The van der Waals surface area contributed by atoms with E-state index in [1.807, 2.05) is 6.92 Å². The maximum Gasteiger partial charge on any atom is 0.321 e. The number of nitrogens with zero attached hydrogens (tertiary/aromatic N) is 3. The van der Waals surface area contributed by atoms with E-state index in [1.54, 1.807) is 7.11 Å². The predicted octanol–water partition coefficient (Wildman–Crippen LogP) is 3.59. The summed E-state index contributed by atoms with van der Waals surface area (Å²) in [5, 5.41) is 3.70. The largest absolute Gasteiger partial charge is 0.467 e. The molecule has 0 aliphatic carbocycles. The van der Waals surface area contributed by atoms with Gasteiger partial charge >= 0.3 is 6.01 Å². The molecule has 0 amide bonds. The Kier molecular flexibility index (Phi) is 5.38. The molecule has 0 spiro atoms. The number of hydrogen-bond donors (Lipinski definition) is 1. The van der Waals surface area contributed by atoms with Crippen LogP contribution in [0, 0.1) is 0 Å². The Morgan fingerprint density at radius 1 is 1.14 bits per heavy atom. The van der Waals surface area contributed by atoms with E-state index < -0.39 is 0 Å². The number of ether oxygens (including phenoxy) is 1. The molecule has 5 nitrogen and oxygen atoms in total. The smallest absolute Gasteiger partial charge is 0.321 e. The fourth-order valence-corrected chi connectivity index (χ4v) is 2.48. The second-order valence-corrected chi connectivity index (χ2v) is 5.83. The SMILES string of the molecule is CCNc1nc(OC)nc(Sc2ccc(C(C)C)cc2)n1. The molecule has 6 heteroatoms. The minimum Gasteiger partial charge on any atom is -0.467 e. The summed E-state index contributed by atoms with van der Waals surface area (Å²) in [7, 11) is 1.55. The van der Waals surface area contributed by atoms with E-state index >= 15 is 0 Å². The first-order chi connectivity index (χ1) is 10.1. The Balaban J connectivity index is 2.19. The average molecular weight is 304 g/mol. The highest BCUT2D eigenvalue weighted by Crippen LogP contribution is 2.27. The van der Waals surface area contributed by atoms with Crippen molar-refractivity contribution in [2.75, 3.05) is 19.0 Å². The van der Waals surface area contributed by atoms with Gasteiger partial charge < -0.3 is 10.1 Å². The van der Waals surface area contributed by atoms with Crippen LogP contribution < -0.4 is 10.1 Å². The highest BCUT2D eigenvalue weighted by atomic mass is 32.2. The van der Waals surface area contributed by atoms with Gasteiger partial charge in [-0.25, -0.2) is 0 Å². The van der Waals surface area contributed by atoms with Gasteiger partial charge in [0.15, 0.2) is 0 Å². The van der Waals surface area contributed by atoms with Gasteiger partial charge in [-0.3, -0.25) is 0 Å². The van der Waals surface area contributed by atoms with Gasteiger partial charge in [0.25, 0.3) is 0 Å². The van der Waals surface area contributed by atoms with Crippen LogP contribution in [0.25, 0.3) is 0 Å². The molecule has 0 fully saturated rings. The number of hydrogen-bond acceptors (Lipinski definition) is 6. The van der Waals surface area contributed by atoms with Crippen LogP contribution >= 0.6 is 11.8 Å². The van der Waals surface area contributed by atoms with Crippen molar-refractivity contribution in [3.05, 3.63) is 29.8 Å². The number of nitrogens with one attached hydrogen (secondary N) is 1. The molecule has 0 aliphatic heterocycles. The number of aromatic nitrogens is 3. The van der Waals surface area contributed by atoms with Crippen molar-refractivity contribution in [2.24, 2.45) is 0 Å². The fourth-order valence-electron chi connectivity index (χ4n) is 1.74. The van der Waals surface area contributed by atoms with Crippen molar-refractivity contribution in [3.8, 4) is 6.01 Å². The third-order valence-electron chi connectivity index (χ3n) is 2.87. The molecular weight excluding hydrogens is 284 g/mol. The van der Waals surface area contributed by atoms with Gasteiger partial charge in [-0.1, -0.05) is 26.0 Å². The molecule has 112 valence electrons. The Morgan fingerprint density at radius 3 is 2.43 bits per heavy atom. The van der Waals surface area contributed by atoms with Crippen LogP contribution in [0.5, 0.6) is 6.01 Å². The summed E-state index contributed by atoms with van der Waals surface area (Å²) in [5.74, 6) is 1.06. The topological polar surface area (TPSA) is 59.9 Å². The lowest BCUT2D eigenvalue weighted by Gasteiger charge is -2.08. The number of rotatable bonds is 6. The zero-order valence-electron chi connectivity index (χ0n) is 12.8. The van der Waals surface area contributed by atoms with Crippen molar-refractivity contribution < 1.29 is 4.74 Å². The Morgan fingerprint density at radius 2 is 1.86 bits per heavy atom. The van der Waals surface area contributed by atoms with Crippen molar-refractivity contribution in [3.63, 3.8) is 0 Å². The van der Waals surface area contributed by atoms with Gasteiger partial charge in [-0.15, -0.1) is 0 Å². The first-order valence-electron chi connectivity index (χ1n) is 6.94. The zero-order chi connectivity index (χ0) is 15.2. The summed E-state index contributed by atoms with van der Waals surface area (Å²) >= 11 is 1.50. The molecule has 2 rings (SSSR count). The monoisotopic (exact) mass is 304 g/mol. The number of methoxy groups -OCH3 is 1. The normalized spacial score (nSPS) is 10.7. The highest BCUT2D eigenvalue weighted by Gasteiger charge is 2.08. The minimum absolute atomic E-state index is 0.322. The van der Waals surface area contributed by atoms with E-state index in [0.29, 0.717) is 23.0 Å². The second kappa shape index (κ2) is 7.26. The molecule has 0 saturated carbocycles. The summed E-state index contributed by atoms with van der Waals surface area (Å²) in [6.45, 7) is 7.11. The lowest BCUT2D eigenvalue weighted by molar-refractivity contribution is 0.373. The molecule has 0 bridgehead atoms. The van der Waals surface area contributed by atoms with E-state index in [2.05, 4.69) is 58.4 Å². The van der Waals surface area contributed by atoms with Crippen LogP contribution in [0.4, 0.5) is 5.95 Å². The van der Waals surface area contributed by atoms with E-state index in [1.165, 1.54) is 17.3 Å². The minimum atomic E-state index is 0.322. The van der Waals surface area contributed by atoms with Crippen LogP contribution in [0.1, 0.15) is 32.3 Å². The molecule has 0 unspecified atom stereocenters. The quantitative estimate of drug-likeness (QED) is 0.880. The van der Waals surface area contributed by atoms with Crippen LogP contribution in [0.3, 0.4) is 0 Å². The molecule has 0 saturated heterocycles. The van der Waals surface area contributed by atoms with Crippen molar-refractivity contribution in [1.82, 2.24) is 15.0 Å². The maximum absolute atomic E-state index is 5.11. The highest BCUT2D eigenvalue weighted by molar-refractivity contribution is 7.99. The summed E-state index contributed by atoms with van der Waals surface area (Å²) in [6.07, 6.45) is 0. The lowest BCUT2D eigenvalue weighted by Crippen LogP contribution is -2.05. The van der Waals surface area contributed by atoms with Crippen molar-refractivity contribution in [2.45, 2.75) is 36.7 Å². The molecule has 21 heavy (non-hydrogen) atoms. The molecular formula is C15H20N4OS. The summed E-state index contributed by atoms with van der Waals surface area (Å²) in [5.41, 5.74) is 1.32. The maximum atomic E-state index is 5.11. The second-order valence-electron chi connectivity index (χ2n) is 4.78. The van der Waals surface area contributed by atoms with Crippen LogP contribution in [-0.2, 0) is 0 Å². The molecule has 1 heterocycles. The fraction of sp³-hybridized carbons (Fsp3) is 0.400. The lowest BCUT2D eigenvalue weighted by atomic mass is 10.0. The number of anilines is 1. The first-order valence-corrected chi connectivity index (χ1v) is 7.75. The van der Waals surface area contributed by atoms with Gasteiger partial charge in [0.1, 0.15) is 0 Å². The van der Waals surface area contributed by atoms with E-state index in [4.69, 9.17) is 4.74 Å². The molecule has 0 atom stereocenters. The average Bonchev–Trinajstić information content (AvgIpc) is 2.48. The van der Waals surface area contributed by atoms with Crippen LogP contribution in [-0.4, -0.2) is 28.6 Å². The summed E-state index contributed by atoms with van der Waals surface area (Å²) in [4.78, 5) is 13.9. The molecule has 0 radical (unpaired) electrons. The summed E-state index contributed by atoms with van der Waals surface area (Å²) < 4.78 is 5.11. The van der Waals surface area contributed by atoms with Gasteiger partial charge in [0.05, 0.1) is 7.11 Å². The third-order valence-corrected chi connectivity index (χ3v) is 3.74. The van der Waals surface area contributed by atoms with E-state index in [-0.39, 0.29) is 0 Å². The predicted molar refractivity (Wildman–Crippen MR) is 85.2 cm³/mol. The molecule has 1 aromatic heterocycles.